The highest BCUT2D eigenvalue weighted by Crippen LogP contribution is 2.26. The van der Waals surface area contributed by atoms with Crippen LogP contribution in [0.2, 0.25) is 0 Å². The lowest BCUT2D eigenvalue weighted by molar-refractivity contribution is 0.205. The van der Waals surface area contributed by atoms with Crippen LogP contribution in [0.5, 0.6) is 0 Å². The van der Waals surface area contributed by atoms with E-state index < -0.39 is 0 Å². The Bertz CT molecular complexity index is 400. The van der Waals surface area contributed by atoms with Gasteiger partial charge in [-0.15, -0.1) is 11.6 Å². The van der Waals surface area contributed by atoms with Gasteiger partial charge in [0.15, 0.2) is 0 Å². The second-order valence-corrected chi connectivity index (χ2v) is 5.23. The highest BCUT2D eigenvalue weighted by molar-refractivity contribution is 6.18. The molecule has 0 N–H and O–H groups in total. The van der Waals surface area contributed by atoms with Crippen LogP contribution in [0.3, 0.4) is 0 Å². The number of alkyl halides is 1. The molecule has 0 radical (unpaired) electrons. The number of anilines is 1. The summed E-state index contributed by atoms with van der Waals surface area (Å²) in [6, 6.07) is 0. The van der Waals surface area contributed by atoms with E-state index >= 15 is 0 Å². The molecule has 0 aliphatic heterocycles. The standard InChI is InChI=1S/C14H22ClN3O/c1-19-10-9-18(8-7-15)14-12-5-3-2-4-6-13(12)16-11-17-14/h11H,2-10H2,1H3. The minimum Gasteiger partial charge on any atom is -0.383 e. The molecule has 106 valence electrons. The second-order valence-electron chi connectivity index (χ2n) is 4.85. The van der Waals surface area contributed by atoms with E-state index in [4.69, 9.17) is 16.3 Å². The Morgan fingerprint density at radius 3 is 2.84 bits per heavy atom. The monoisotopic (exact) mass is 283 g/mol. The lowest BCUT2D eigenvalue weighted by Crippen LogP contribution is -2.31. The Kier molecular flexibility index (Phi) is 5.86. The van der Waals surface area contributed by atoms with E-state index in [0.29, 0.717) is 12.5 Å². The summed E-state index contributed by atoms with van der Waals surface area (Å²) in [5.74, 6) is 1.66. The fourth-order valence-corrected chi connectivity index (χ4v) is 2.78. The van der Waals surface area contributed by atoms with Crippen molar-refractivity contribution in [2.75, 3.05) is 37.6 Å². The van der Waals surface area contributed by atoms with Gasteiger partial charge in [-0.05, 0) is 25.7 Å². The van der Waals surface area contributed by atoms with E-state index in [0.717, 1.165) is 31.7 Å². The highest BCUT2D eigenvalue weighted by Gasteiger charge is 2.18. The molecule has 4 nitrogen and oxygen atoms in total. The number of ether oxygens (including phenoxy) is 1. The molecule has 5 heteroatoms. The third-order valence-electron chi connectivity index (χ3n) is 3.57. The smallest absolute Gasteiger partial charge is 0.135 e. The van der Waals surface area contributed by atoms with Gasteiger partial charge in [0, 0.05) is 37.3 Å². The van der Waals surface area contributed by atoms with E-state index in [-0.39, 0.29) is 0 Å². The SMILES string of the molecule is COCCN(CCCl)c1ncnc2c1CCCCC2. The van der Waals surface area contributed by atoms with Crippen LogP contribution in [-0.4, -0.2) is 42.7 Å². The van der Waals surface area contributed by atoms with Crippen LogP contribution in [0.4, 0.5) is 5.82 Å². The number of nitrogens with zero attached hydrogens (tertiary/aromatic N) is 3. The van der Waals surface area contributed by atoms with Crippen LogP contribution < -0.4 is 4.90 Å². The molecule has 1 aliphatic carbocycles. The summed E-state index contributed by atoms with van der Waals surface area (Å²) in [5, 5.41) is 0. The topological polar surface area (TPSA) is 38.2 Å². The molecule has 0 amide bonds. The van der Waals surface area contributed by atoms with Crippen molar-refractivity contribution in [3.8, 4) is 0 Å². The largest absolute Gasteiger partial charge is 0.383 e. The number of aryl methyl sites for hydroxylation is 1. The predicted octanol–water partition coefficient (Wildman–Crippen LogP) is 2.44. The quantitative estimate of drug-likeness (QED) is 0.594. The Morgan fingerprint density at radius 2 is 2.05 bits per heavy atom. The van der Waals surface area contributed by atoms with Gasteiger partial charge >= 0.3 is 0 Å². The fourth-order valence-electron chi connectivity index (χ4n) is 2.58. The molecular weight excluding hydrogens is 262 g/mol. The molecule has 2 rings (SSSR count). The predicted molar refractivity (Wildman–Crippen MR) is 78.1 cm³/mol. The summed E-state index contributed by atoms with van der Waals surface area (Å²) in [6.45, 7) is 2.32. The number of methoxy groups -OCH3 is 1. The third kappa shape index (κ3) is 3.80. The van der Waals surface area contributed by atoms with E-state index in [2.05, 4.69) is 14.9 Å². The lowest BCUT2D eigenvalue weighted by atomic mass is 10.1. The number of hydrogen-bond donors (Lipinski definition) is 0. The Balaban J connectivity index is 2.25. The van der Waals surface area contributed by atoms with Crippen LogP contribution in [-0.2, 0) is 17.6 Å². The summed E-state index contributed by atoms with van der Waals surface area (Å²) in [5.41, 5.74) is 2.54. The second kappa shape index (κ2) is 7.65. The van der Waals surface area contributed by atoms with Crippen molar-refractivity contribution < 1.29 is 4.74 Å². The molecule has 19 heavy (non-hydrogen) atoms. The molecule has 0 saturated carbocycles. The number of fused-ring (bicyclic) bond motifs is 1. The first kappa shape index (κ1) is 14.5. The summed E-state index contributed by atoms with van der Waals surface area (Å²) in [7, 11) is 1.72. The minimum atomic E-state index is 0.600. The molecule has 1 aromatic rings. The molecule has 0 aromatic carbocycles. The van der Waals surface area contributed by atoms with Gasteiger partial charge in [-0.3, -0.25) is 0 Å². The molecule has 0 spiro atoms. The van der Waals surface area contributed by atoms with Gasteiger partial charge in [-0.25, -0.2) is 9.97 Å². The maximum absolute atomic E-state index is 5.91. The average molecular weight is 284 g/mol. The van der Waals surface area contributed by atoms with Gasteiger partial charge in [-0.1, -0.05) is 6.42 Å². The normalized spacial score (nSPS) is 14.8. The molecule has 0 bridgehead atoms. The molecule has 0 atom stereocenters. The van der Waals surface area contributed by atoms with Gasteiger partial charge in [0.1, 0.15) is 12.1 Å². The Labute approximate surface area is 120 Å². The first-order valence-electron chi connectivity index (χ1n) is 6.99. The van der Waals surface area contributed by atoms with Crippen LogP contribution in [0.25, 0.3) is 0 Å². The van der Waals surface area contributed by atoms with Crippen molar-refractivity contribution in [3.63, 3.8) is 0 Å². The van der Waals surface area contributed by atoms with E-state index in [1.165, 1.54) is 30.5 Å². The van der Waals surface area contributed by atoms with Crippen LogP contribution in [0.1, 0.15) is 30.5 Å². The highest BCUT2D eigenvalue weighted by atomic mass is 35.5. The first-order chi connectivity index (χ1) is 9.36. The van der Waals surface area contributed by atoms with Gasteiger partial charge in [-0.2, -0.15) is 0 Å². The van der Waals surface area contributed by atoms with Gasteiger partial charge in [0.05, 0.1) is 6.61 Å². The molecule has 0 unspecified atom stereocenters. The molecule has 0 saturated heterocycles. The van der Waals surface area contributed by atoms with Crippen LogP contribution in [0.15, 0.2) is 6.33 Å². The number of rotatable bonds is 6. The lowest BCUT2D eigenvalue weighted by Gasteiger charge is -2.25. The number of halogens is 1. The van der Waals surface area contributed by atoms with Crippen LogP contribution in [0, 0.1) is 0 Å². The van der Waals surface area contributed by atoms with E-state index in [1.54, 1.807) is 13.4 Å². The van der Waals surface area contributed by atoms with Crippen molar-refractivity contribution in [1.82, 2.24) is 9.97 Å². The van der Waals surface area contributed by atoms with Gasteiger partial charge in [0.25, 0.3) is 0 Å². The Morgan fingerprint density at radius 1 is 1.21 bits per heavy atom. The maximum Gasteiger partial charge on any atom is 0.135 e. The van der Waals surface area contributed by atoms with E-state index in [1.807, 2.05) is 0 Å². The van der Waals surface area contributed by atoms with Crippen molar-refractivity contribution in [3.05, 3.63) is 17.6 Å². The summed E-state index contributed by atoms with van der Waals surface area (Å²) < 4.78 is 5.18. The number of aromatic nitrogens is 2. The maximum atomic E-state index is 5.91. The van der Waals surface area contributed by atoms with Gasteiger partial charge < -0.3 is 9.64 Å². The molecule has 0 fully saturated rings. The molecule has 1 aliphatic rings. The minimum absolute atomic E-state index is 0.600. The van der Waals surface area contributed by atoms with E-state index in [9.17, 15) is 0 Å². The van der Waals surface area contributed by atoms with Crippen molar-refractivity contribution in [2.24, 2.45) is 0 Å². The zero-order valence-corrected chi connectivity index (χ0v) is 12.3. The van der Waals surface area contributed by atoms with Crippen LogP contribution >= 0.6 is 11.6 Å². The zero-order chi connectivity index (χ0) is 13.5. The van der Waals surface area contributed by atoms with Crippen molar-refractivity contribution in [1.29, 1.82) is 0 Å². The Hall–Kier alpha value is -0.870. The van der Waals surface area contributed by atoms with Crippen molar-refractivity contribution >= 4 is 17.4 Å². The summed E-state index contributed by atoms with van der Waals surface area (Å²) >= 11 is 5.91. The molecular formula is C14H22ClN3O. The summed E-state index contributed by atoms with van der Waals surface area (Å²) in [4.78, 5) is 11.2. The average Bonchev–Trinajstić information content (AvgIpc) is 2.68. The van der Waals surface area contributed by atoms with Crippen molar-refractivity contribution in [2.45, 2.75) is 32.1 Å². The molecule has 1 aromatic heterocycles. The zero-order valence-electron chi connectivity index (χ0n) is 11.6. The fraction of sp³-hybridized carbons (Fsp3) is 0.714. The third-order valence-corrected chi connectivity index (χ3v) is 3.74. The number of hydrogen-bond acceptors (Lipinski definition) is 4. The van der Waals surface area contributed by atoms with Gasteiger partial charge in [0.2, 0.25) is 0 Å². The molecule has 1 heterocycles. The summed E-state index contributed by atoms with van der Waals surface area (Å²) in [6.07, 6.45) is 7.58. The first-order valence-corrected chi connectivity index (χ1v) is 7.53.